The molecule has 2 aliphatic rings. The molecule has 35 heavy (non-hydrogen) atoms. The van der Waals surface area contributed by atoms with Gasteiger partial charge in [-0.15, -0.1) is 0 Å². The molecule has 1 aromatic carbocycles. The van der Waals surface area contributed by atoms with Crippen LogP contribution in [0.15, 0.2) is 71.1 Å². The number of pyridine rings is 2. The first-order valence-corrected chi connectivity index (χ1v) is 10.9. The van der Waals surface area contributed by atoms with Crippen molar-refractivity contribution in [2.75, 3.05) is 13.8 Å². The normalized spacial score (nSPS) is 15.4. The van der Waals surface area contributed by atoms with Gasteiger partial charge >= 0.3 is 6.18 Å². The van der Waals surface area contributed by atoms with E-state index in [1.54, 1.807) is 47.7 Å². The van der Waals surface area contributed by atoms with E-state index in [0.717, 1.165) is 28.3 Å². The first kappa shape index (κ1) is 22.9. The number of halogens is 4. The lowest BCUT2D eigenvalue weighted by atomic mass is 9.94. The Balaban J connectivity index is 1.51. The standard InChI is InChI=1S/C24H18ClF3N6O/c1-35-21-9-5-17(11-30-21)22-19(16-3-6-18(25)7-4-16)12-31-34-14-33(32-23(22)34)13-15-2-8-20(29-10-15)24(26,27)28/h2-12H,13-14H2,1H3. The topological polar surface area (TPSA) is 66.2 Å². The lowest BCUT2D eigenvalue weighted by Crippen LogP contribution is -2.29. The number of fused-ring (bicyclic) bond motifs is 1. The number of hydrazone groups is 2. The quantitative estimate of drug-likeness (QED) is 0.486. The van der Waals surface area contributed by atoms with Crippen LogP contribution in [0.5, 0.6) is 5.88 Å². The van der Waals surface area contributed by atoms with Gasteiger partial charge in [0, 0.05) is 40.2 Å². The summed E-state index contributed by atoms with van der Waals surface area (Å²) in [5.41, 5.74) is 3.02. The minimum Gasteiger partial charge on any atom is -0.481 e. The van der Waals surface area contributed by atoms with E-state index in [4.69, 9.17) is 21.4 Å². The minimum absolute atomic E-state index is 0.269. The van der Waals surface area contributed by atoms with Gasteiger partial charge in [-0.25, -0.2) is 9.99 Å². The van der Waals surface area contributed by atoms with Crippen molar-refractivity contribution in [3.8, 4) is 5.88 Å². The summed E-state index contributed by atoms with van der Waals surface area (Å²) in [5.74, 6) is 1.08. The molecule has 178 valence electrons. The average molecular weight is 499 g/mol. The number of allylic oxidation sites excluding steroid dienone is 1. The highest BCUT2D eigenvalue weighted by atomic mass is 35.5. The lowest BCUT2D eigenvalue weighted by Gasteiger charge is -2.23. The van der Waals surface area contributed by atoms with Gasteiger partial charge in [0.15, 0.2) is 5.84 Å². The molecule has 0 unspecified atom stereocenters. The molecule has 0 saturated carbocycles. The Kier molecular flexibility index (Phi) is 5.89. The molecule has 0 aliphatic carbocycles. The van der Waals surface area contributed by atoms with Crippen LogP contribution in [-0.2, 0) is 12.7 Å². The molecule has 3 aromatic rings. The predicted molar refractivity (Wildman–Crippen MR) is 126 cm³/mol. The van der Waals surface area contributed by atoms with E-state index in [-0.39, 0.29) is 6.54 Å². The van der Waals surface area contributed by atoms with E-state index in [1.165, 1.54) is 12.3 Å². The van der Waals surface area contributed by atoms with Crippen LogP contribution >= 0.6 is 11.6 Å². The first-order valence-electron chi connectivity index (χ1n) is 10.5. The molecule has 0 bridgehead atoms. The van der Waals surface area contributed by atoms with Gasteiger partial charge in [0.1, 0.15) is 12.4 Å². The zero-order valence-corrected chi connectivity index (χ0v) is 19.1. The molecule has 0 amide bonds. The van der Waals surface area contributed by atoms with Crippen molar-refractivity contribution in [2.45, 2.75) is 12.7 Å². The molecule has 0 fully saturated rings. The van der Waals surface area contributed by atoms with Crippen molar-refractivity contribution in [3.05, 3.63) is 88.3 Å². The summed E-state index contributed by atoms with van der Waals surface area (Å²) in [5, 5.41) is 13.4. The third kappa shape index (κ3) is 4.69. The predicted octanol–water partition coefficient (Wildman–Crippen LogP) is 5.16. The number of alkyl halides is 3. The number of hydrogen-bond acceptors (Lipinski definition) is 7. The number of rotatable bonds is 5. The second-order valence-electron chi connectivity index (χ2n) is 7.81. The summed E-state index contributed by atoms with van der Waals surface area (Å²) in [6, 6.07) is 13.4. The van der Waals surface area contributed by atoms with Gasteiger partial charge in [0.25, 0.3) is 0 Å². The summed E-state index contributed by atoms with van der Waals surface area (Å²) in [7, 11) is 1.55. The summed E-state index contributed by atoms with van der Waals surface area (Å²) in [4.78, 5) is 7.87. The molecule has 4 heterocycles. The summed E-state index contributed by atoms with van der Waals surface area (Å²) >= 11 is 6.08. The number of nitrogens with zero attached hydrogens (tertiary/aromatic N) is 6. The van der Waals surface area contributed by atoms with Crippen LogP contribution in [0.4, 0.5) is 13.2 Å². The average Bonchev–Trinajstić information content (AvgIpc) is 3.26. The number of aromatic nitrogens is 2. The third-order valence-corrected chi connectivity index (χ3v) is 5.72. The van der Waals surface area contributed by atoms with Crippen molar-refractivity contribution in [1.29, 1.82) is 0 Å². The molecule has 0 spiro atoms. The summed E-state index contributed by atoms with van der Waals surface area (Å²) in [6.07, 6.45) is 0.191. The second kappa shape index (κ2) is 9.03. The van der Waals surface area contributed by atoms with Gasteiger partial charge in [-0.3, -0.25) is 9.99 Å². The number of benzene rings is 1. The Labute approximate surface area is 203 Å². The zero-order chi connectivity index (χ0) is 24.6. The van der Waals surface area contributed by atoms with Gasteiger partial charge in [0.05, 0.1) is 19.9 Å². The highest BCUT2D eigenvalue weighted by molar-refractivity contribution is 6.39. The minimum atomic E-state index is -4.48. The molecule has 5 rings (SSSR count). The van der Waals surface area contributed by atoms with Crippen LogP contribution in [0, 0.1) is 0 Å². The SMILES string of the molecule is COc1ccc(C2=C(c3ccc(Cl)cc3)C=NN3CN(Cc4ccc(C(F)(F)F)nc4)N=C23)cn1. The fraction of sp³-hybridized carbons (Fsp3) is 0.167. The van der Waals surface area contributed by atoms with Crippen molar-refractivity contribution in [3.63, 3.8) is 0 Å². The number of hydrogen-bond donors (Lipinski definition) is 0. The highest BCUT2D eigenvalue weighted by Crippen LogP contribution is 2.34. The highest BCUT2D eigenvalue weighted by Gasteiger charge is 2.33. The number of ether oxygens (including phenoxy) is 1. The van der Waals surface area contributed by atoms with Crippen molar-refractivity contribution in [1.82, 2.24) is 20.0 Å². The Morgan fingerprint density at radius 2 is 1.74 bits per heavy atom. The summed E-state index contributed by atoms with van der Waals surface area (Å²) < 4.78 is 43.7. The van der Waals surface area contributed by atoms with E-state index in [1.807, 2.05) is 18.2 Å². The first-order chi connectivity index (χ1) is 16.8. The maximum absolute atomic E-state index is 12.8. The fourth-order valence-electron chi connectivity index (χ4n) is 3.79. The largest absolute Gasteiger partial charge is 0.481 e. The molecule has 0 N–H and O–H groups in total. The van der Waals surface area contributed by atoms with Gasteiger partial charge in [-0.1, -0.05) is 29.8 Å². The second-order valence-corrected chi connectivity index (χ2v) is 8.24. The van der Waals surface area contributed by atoms with Gasteiger partial charge in [-0.05, 0) is 35.4 Å². The van der Waals surface area contributed by atoms with Crippen molar-refractivity contribution in [2.24, 2.45) is 10.2 Å². The van der Waals surface area contributed by atoms with E-state index in [0.29, 0.717) is 29.0 Å². The van der Waals surface area contributed by atoms with Gasteiger partial charge in [0.2, 0.25) is 5.88 Å². The van der Waals surface area contributed by atoms with E-state index < -0.39 is 11.9 Å². The molecular formula is C24H18ClF3N6O. The van der Waals surface area contributed by atoms with Crippen LogP contribution in [0.2, 0.25) is 5.02 Å². The van der Waals surface area contributed by atoms with Crippen LogP contribution < -0.4 is 4.74 Å². The monoisotopic (exact) mass is 498 g/mol. The number of amidine groups is 1. The molecule has 0 atom stereocenters. The Morgan fingerprint density at radius 3 is 2.37 bits per heavy atom. The van der Waals surface area contributed by atoms with Crippen LogP contribution in [0.3, 0.4) is 0 Å². The molecule has 2 aromatic heterocycles. The lowest BCUT2D eigenvalue weighted by molar-refractivity contribution is -0.141. The van der Waals surface area contributed by atoms with E-state index in [9.17, 15) is 13.2 Å². The van der Waals surface area contributed by atoms with Crippen LogP contribution in [0.1, 0.15) is 22.4 Å². The van der Waals surface area contributed by atoms with Gasteiger partial charge in [-0.2, -0.15) is 23.4 Å². The molecular weight excluding hydrogens is 481 g/mol. The third-order valence-electron chi connectivity index (χ3n) is 5.47. The maximum Gasteiger partial charge on any atom is 0.433 e. The molecule has 7 nitrogen and oxygen atoms in total. The van der Waals surface area contributed by atoms with Crippen molar-refractivity contribution >= 4 is 34.8 Å². The Hall–Kier alpha value is -3.92. The molecule has 0 radical (unpaired) electrons. The van der Waals surface area contributed by atoms with Crippen LogP contribution in [0.25, 0.3) is 11.1 Å². The Bertz CT molecular complexity index is 1320. The van der Waals surface area contributed by atoms with Gasteiger partial charge < -0.3 is 4.74 Å². The summed E-state index contributed by atoms with van der Waals surface area (Å²) in [6.45, 7) is 0.596. The smallest absolute Gasteiger partial charge is 0.433 e. The van der Waals surface area contributed by atoms with E-state index in [2.05, 4.69) is 15.1 Å². The fourth-order valence-corrected chi connectivity index (χ4v) is 3.91. The van der Waals surface area contributed by atoms with Crippen LogP contribution in [-0.4, -0.2) is 45.8 Å². The van der Waals surface area contributed by atoms with E-state index >= 15 is 0 Å². The molecule has 2 aliphatic heterocycles. The van der Waals surface area contributed by atoms with Crippen molar-refractivity contribution < 1.29 is 17.9 Å². The Morgan fingerprint density at radius 1 is 0.971 bits per heavy atom. The maximum atomic E-state index is 12.8. The molecule has 0 saturated heterocycles. The molecule has 11 heteroatoms. The zero-order valence-electron chi connectivity index (χ0n) is 18.4. The number of methoxy groups -OCH3 is 1.